The smallest absolute Gasteiger partial charge is 0.221 e. The molecule has 1 amide bonds. The van der Waals surface area contributed by atoms with Crippen molar-refractivity contribution in [1.82, 2.24) is 5.32 Å². The zero-order chi connectivity index (χ0) is 15.1. The van der Waals surface area contributed by atoms with E-state index in [0.29, 0.717) is 58.5 Å². The monoisotopic (exact) mass is 290 g/mol. The molecule has 0 saturated heterocycles. The lowest BCUT2D eigenvalue weighted by molar-refractivity contribution is -0.121. The van der Waals surface area contributed by atoms with Crippen LogP contribution in [0.2, 0.25) is 0 Å². The molecule has 0 fully saturated rings. The van der Waals surface area contributed by atoms with Crippen LogP contribution in [0.3, 0.4) is 0 Å². The SMILES string of the molecule is CC(C)CCOCCOCCOCCNC(=O)CCN. The van der Waals surface area contributed by atoms with E-state index < -0.39 is 0 Å². The van der Waals surface area contributed by atoms with Gasteiger partial charge < -0.3 is 25.3 Å². The maximum absolute atomic E-state index is 11.1. The van der Waals surface area contributed by atoms with Crippen molar-refractivity contribution in [2.45, 2.75) is 26.7 Å². The molecule has 0 aliphatic heterocycles. The molecule has 6 heteroatoms. The summed E-state index contributed by atoms with van der Waals surface area (Å²) in [6.07, 6.45) is 1.44. The lowest BCUT2D eigenvalue weighted by atomic mass is 10.1. The van der Waals surface area contributed by atoms with E-state index in [1.54, 1.807) is 0 Å². The van der Waals surface area contributed by atoms with E-state index in [9.17, 15) is 4.79 Å². The first-order valence-electron chi connectivity index (χ1n) is 7.36. The van der Waals surface area contributed by atoms with Crippen molar-refractivity contribution in [3.05, 3.63) is 0 Å². The van der Waals surface area contributed by atoms with E-state index in [1.165, 1.54) is 0 Å². The Bertz CT molecular complexity index is 225. The molecule has 0 spiro atoms. The van der Waals surface area contributed by atoms with Crippen molar-refractivity contribution in [2.75, 3.05) is 52.7 Å². The Kier molecular flexibility index (Phi) is 14.2. The molecule has 0 unspecified atom stereocenters. The number of hydrogen-bond donors (Lipinski definition) is 2. The molecule has 0 aliphatic rings. The van der Waals surface area contributed by atoms with E-state index >= 15 is 0 Å². The summed E-state index contributed by atoms with van der Waals surface area (Å²) in [7, 11) is 0. The van der Waals surface area contributed by atoms with Gasteiger partial charge in [0.1, 0.15) is 0 Å². The minimum absolute atomic E-state index is 0.0362. The van der Waals surface area contributed by atoms with Crippen molar-refractivity contribution in [3.8, 4) is 0 Å². The quantitative estimate of drug-likeness (QED) is 0.456. The van der Waals surface area contributed by atoms with Gasteiger partial charge >= 0.3 is 0 Å². The van der Waals surface area contributed by atoms with Crippen LogP contribution in [0, 0.1) is 5.92 Å². The second-order valence-corrected chi connectivity index (χ2v) is 4.91. The molecule has 0 radical (unpaired) electrons. The van der Waals surface area contributed by atoms with Gasteiger partial charge in [0.25, 0.3) is 0 Å². The van der Waals surface area contributed by atoms with Gasteiger partial charge in [-0.05, 0) is 12.3 Å². The van der Waals surface area contributed by atoms with E-state index in [1.807, 2.05) is 0 Å². The van der Waals surface area contributed by atoms with Crippen LogP contribution in [0.15, 0.2) is 0 Å². The predicted molar refractivity (Wildman–Crippen MR) is 78.6 cm³/mol. The Morgan fingerprint density at radius 1 is 1.00 bits per heavy atom. The van der Waals surface area contributed by atoms with Gasteiger partial charge in [-0.3, -0.25) is 4.79 Å². The van der Waals surface area contributed by atoms with Crippen molar-refractivity contribution in [2.24, 2.45) is 11.7 Å². The average Bonchev–Trinajstić information content (AvgIpc) is 2.40. The summed E-state index contributed by atoms with van der Waals surface area (Å²) in [5, 5.41) is 2.71. The summed E-state index contributed by atoms with van der Waals surface area (Å²) < 4.78 is 16.1. The predicted octanol–water partition coefficient (Wildman–Crippen LogP) is 0.547. The first-order chi connectivity index (χ1) is 9.66. The molecule has 20 heavy (non-hydrogen) atoms. The normalized spacial score (nSPS) is 11.0. The van der Waals surface area contributed by atoms with Crippen LogP contribution in [0.4, 0.5) is 0 Å². The van der Waals surface area contributed by atoms with Crippen molar-refractivity contribution >= 4 is 5.91 Å². The third-order valence-electron chi connectivity index (χ3n) is 2.52. The van der Waals surface area contributed by atoms with E-state index in [-0.39, 0.29) is 5.91 Å². The number of amides is 1. The first kappa shape index (κ1) is 19.3. The number of nitrogens with two attached hydrogens (primary N) is 1. The molecule has 0 bridgehead atoms. The van der Waals surface area contributed by atoms with Gasteiger partial charge in [-0.15, -0.1) is 0 Å². The van der Waals surface area contributed by atoms with Crippen LogP contribution in [0.25, 0.3) is 0 Å². The van der Waals surface area contributed by atoms with Crippen LogP contribution < -0.4 is 11.1 Å². The molecule has 0 aromatic carbocycles. The second kappa shape index (κ2) is 14.7. The van der Waals surface area contributed by atoms with Crippen molar-refractivity contribution in [3.63, 3.8) is 0 Å². The van der Waals surface area contributed by atoms with Gasteiger partial charge in [-0.2, -0.15) is 0 Å². The summed E-state index contributed by atoms with van der Waals surface area (Å²) in [6, 6.07) is 0. The van der Waals surface area contributed by atoms with Gasteiger partial charge in [0, 0.05) is 26.1 Å². The zero-order valence-corrected chi connectivity index (χ0v) is 12.9. The molecule has 0 aliphatic carbocycles. The van der Waals surface area contributed by atoms with Crippen LogP contribution in [0.1, 0.15) is 26.7 Å². The fourth-order valence-corrected chi connectivity index (χ4v) is 1.34. The largest absolute Gasteiger partial charge is 0.379 e. The number of carbonyl (C=O) groups is 1. The van der Waals surface area contributed by atoms with Gasteiger partial charge in [0.2, 0.25) is 5.91 Å². The Hall–Kier alpha value is -0.690. The minimum atomic E-state index is -0.0362. The zero-order valence-electron chi connectivity index (χ0n) is 12.9. The molecule has 0 heterocycles. The van der Waals surface area contributed by atoms with Gasteiger partial charge in [-0.25, -0.2) is 0 Å². The molecule has 3 N–H and O–H groups in total. The molecule has 0 atom stereocenters. The Morgan fingerprint density at radius 2 is 1.55 bits per heavy atom. The van der Waals surface area contributed by atoms with Gasteiger partial charge in [0.05, 0.1) is 33.0 Å². The van der Waals surface area contributed by atoms with Gasteiger partial charge in [0.15, 0.2) is 0 Å². The van der Waals surface area contributed by atoms with Crippen molar-refractivity contribution < 1.29 is 19.0 Å². The molecule has 120 valence electrons. The first-order valence-corrected chi connectivity index (χ1v) is 7.36. The summed E-state index contributed by atoms with van der Waals surface area (Å²) in [6.45, 7) is 8.81. The maximum atomic E-state index is 11.1. The highest BCUT2D eigenvalue weighted by atomic mass is 16.5. The summed E-state index contributed by atoms with van der Waals surface area (Å²) in [5.74, 6) is 0.639. The highest BCUT2D eigenvalue weighted by Crippen LogP contribution is 1.98. The Labute approximate surface area is 122 Å². The average molecular weight is 290 g/mol. The third-order valence-corrected chi connectivity index (χ3v) is 2.52. The number of ether oxygens (including phenoxy) is 3. The highest BCUT2D eigenvalue weighted by molar-refractivity contribution is 5.75. The lowest BCUT2D eigenvalue weighted by Crippen LogP contribution is -2.29. The number of hydrogen-bond acceptors (Lipinski definition) is 5. The summed E-state index contributed by atoms with van der Waals surface area (Å²) >= 11 is 0. The third kappa shape index (κ3) is 15.4. The molecular weight excluding hydrogens is 260 g/mol. The minimum Gasteiger partial charge on any atom is -0.379 e. The lowest BCUT2D eigenvalue weighted by Gasteiger charge is -2.08. The Morgan fingerprint density at radius 3 is 2.10 bits per heavy atom. The molecule has 0 aromatic heterocycles. The van der Waals surface area contributed by atoms with Crippen molar-refractivity contribution in [1.29, 1.82) is 0 Å². The second-order valence-electron chi connectivity index (χ2n) is 4.91. The van der Waals surface area contributed by atoms with E-state index in [2.05, 4.69) is 19.2 Å². The van der Waals surface area contributed by atoms with E-state index in [0.717, 1.165) is 13.0 Å². The van der Waals surface area contributed by atoms with Crippen LogP contribution >= 0.6 is 0 Å². The standard InChI is InChI=1S/C14H30N2O4/c1-13(2)4-7-18-9-11-20-12-10-19-8-6-16-14(17)3-5-15/h13H,3-12,15H2,1-2H3,(H,16,17). The number of nitrogens with one attached hydrogen (secondary N) is 1. The van der Waals surface area contributed by atoms with E-state index in [4.69, 9.17) is 19.9 Å². The van der Waals surface area contributed by atoms with Crippen LogP contribution in [-0.2, 0) is 19.0 Å². The fourth-order valence-electron chi connectivity index (χ4n) is 1.34. The molecule has 0 aromatic rings. The molecule has 0 rings (SSSR count). The van der Waals surface area contributed by atoms with Crippen LogP contribution in [-0.4, -0.2) is 58.6 Å². The fraction of sp³-hybridized carbons (Fsp3) is 0.929. The summed E-state index contributed by atoms with van der Waals surface area (Å²) in [4.78, 5) is 11.1. The molecular formula is C14H30N2O4. The topological polar surface area (TPSA) is 82.8 Å². The summed E-state index contributed by atoms with van der Waals surface area (Å²) in [5.41, 5.74) is 5.25. The number of carbonyl (C=O) groups excluding carboxylic acids is 1. The van der Waals surface area contributed by atoms with Crippen LogP contribution in [0.5, 0.6) is 0 Å². The Balaban J connectivity index is 3.04. The number of rotatable bonds is 14. The molecule has 6 nitrogen and oxygen atoms in total. The highest BCUT2D eigenvalue weighted by Gasteiger charge is 1.98. The van der Waals surface area contributed by atoms with Gasteiger partial charge in [-0.1, -0.05) is 13.8 Å². The maximum Gasteiger partial charge on any atom is 0.221 e. The molecule has 0 saturated carbocycles.